The topological polar surface area (TPSA) is 21.3 Å². The lowest BCUT2D eigenvalue weighted by atomic mass is 9.73. The summed E-state index contributed by atoms with van der Waals surface area (Å²) >= 11 is 0. The van der Waals surface area contributed by atoms with E-state index >= 15 is 0 Å². The molecular weight excluding hydrogens is 174 g/mol. The Hall–Kier alpha value is -0.0800. The van der Waals surface area contributed by atoms with Crippen LogP contribution in [0.25, 0.3) is 0 Å². The zero-order valence-electron chi connectivity index (χ0n) is 9.94. The van der Waals surface area contributed by atoms with Gasteiger partial charge in [0.05, 0.1) is 0 Å². The van der Waals surface area contributed by atoms with E-state index in [1.807, 2.05) is 0 Å². The summed E-state index contributed by atoms with van der Waals surface area (Å²) in [5.41, 5.74) is 0.563. The van der Waals surface area contributed by atoms with Crippen molar-refractivity contribution >= 4 is 0 Å². The van der Waals surface area contributed by atoms with Crippen LogP contribution in [0, 0.1) is 11.3 Å². The zero-order chi connectivity index (χ0) is 10.4. The molecule has 1 N–H and O–H groups in total. The van der Waals surface area contributed by atoms with Gasteiger partial charge in [-0.2, -0.15) is 0 Å². The number of ether oxygens (including phenoxy) is 1. The predicted octanol–water partition coefficient (Wildman–Crippen LogP) is 2.44. The minimum atomic E-state index is 0.563. The van der Waals surface area contributed by atoms with E-state index in [-0.39, 0.29) is 0 Å². The highest BCUT2D eigenvalue weighted by Crippen LogP contribution is 2.44. The van der Waals surface area contributed by atoms with E-state index in [2.05, 4.69) is 19.3 Å². The van der Waals surface area contributed by atoms with E-state index in [0.717, 1.165) is 12.5 Å². The maximum Gasteiger partial charge on any atom is 0.0465 e. The van der Waals surface area contributed by atoms with Crippen LogP contribution in [-0.2, 0) is 4.74 Å². The second kappa shape index (κ2) is 5.72. The first-order chi connectivity index (χ1) is 6.75. The molecule has 1 unspecified atom stereocenters. The van der Waals surface area contributed by atoms with Crippen molar-refractivity contribution in [1.29, 1.82) is 0 Å². The van der Waals surface area contributed by atoms with Gasteiger partial charge in [0.25, 0.3) is 0 Å². The molecule has 1 aliphatic rings. The Labute approximate surface area is 88.4 Å². The Morgan fingerprint density at radius 3 is 2.50 bits per heavy atom. The molecule has 0 aromatic carbocycles. The highest BCUT2D eigenvalue weighted by atomic mass is 16.5. The summed E-state index contributed by atoms with van der Waals surface area (Å²) < 4.78 is 5.17. The molecule has 0 aliphatic heterocycles. The summed E-state index contributed by atoms with van der Waals surface area (Å²) in [5.74, 6) is 0.789. The molecule has 0 saturated heterocycles. The van der Waals surface area contributed by atoms with Gasteiger partial charge in [0.15, 0.2) is 0 Å². The van der Waals surface area contributed by atoms with Crippen LogP contribution in [0.2, 0.25) is 0 Å². The second-order valence-corrected chi connectivity index (χ2v) is 4.78. The lowest BCUT2D eigenvalue weighted by molar-refractivity contribution is 0.116. The molecule has 1 aliphatic carbocycles. The summed E-state index contributed by atoms with van der Waals surface area (Å²) in [7, 11) is 3.87. The minimum Gasteiger partial charge on any atom is -0.385 e. The van der Waals surface area contributed by atoms with Crippen molar-refractivity contribution in [2.24, 2.45) is 11.3 Å². The Morgan fingerprint density at radius 1 is 1.36 bits per heavy atom. The average molecular weight is 199 g/mol. The van der Waals surface area contributed by atoms with Gasteiger partial charge in [0.2, 0.25) is 0 Å². The molecule has 1 saturated carbocycles. The largest absolute Gasteiger partial charge is 0.385 e. The summed E-state index contributed by atoms with van der Waals surface area (Å²) in [6, 6.07) is 0. The van der Waals surface area contributed by atoms with Gasteiger partial charge in [-0.25, -0.2) is 0 Å². The van der Waals surface area contributed by atoms with Crippen molar-refractivity contribution in [2.75, 3.05) is 27.3 Å². The third-order valence-corrected chi connectivity index (χ3v) is 3.93. The summed E-state index contributed by atoms with van der Waals surface area (Å²) in [4.78, 5) is 0. The molecule has 14 heavy (non-hydrogen) atoms. The van der Waals surface area contributed by atoms with E-state index in [4.69, 9.17) is 4.74 Å². The summed E-state index contributed by atoms with van der Waals surface area (Å²) in [6.45, 7) is 4.48. The van der Waals surface area contributed by atoms with Crippen LogP contribution in [0.4, 0.5) is 0 Å². The van der Waals surface area contributed by atoms with E-state index in [0.29, 0.717) is 5.41 Å². The fourth-order valence-electron chi connectivity index (χ4n) is 2.88. The smallest absolute Gasteiger partial charge is 0.0465 e. The molecule has 0 radical (unpaired) electrons. The SMILES string of the molecule is CNCC1(C(C)CCOC)CCCC1. The van der Waals surface area contributed by atoms with Crippen LogP contribution >= 0.6 is 0 Å². The third kappa shape index (κ3) is 2.71. The van der Waals surface area contributed by atoms with Gasteiger partial charge >= 0.3 is 0 Å². The lowest BCUT2D eigenvalue weighted by Gasteiger charge is -2.35. The second-order valence-electron chi connectivity index (χ2n) is 4.78. The highest BCUT2D eigenvalue weighted by molar-refractivity contribution is 4.90. The normalized spacial score (nSPS) is 22.5. The first-order valence-electron chi connectivity index (χ1n) is 5.89. The molecule has 0 spiro atoms. The molecule has 0 aromatic heterocycles. The maximum absolute atomic E-state index is 5.17. The summed E-state index contributed by atoms with van der Waals surface area (Å²) in [5, 5.41) is 3.37. The van der Waals surface area contributed by atoms with Crippen LogP contribution in [-0.4, -0.2) is 27.3 Å². The van der Waals surface area contributed by atoms with Gasteiger partial charge in [0.1, 0.15) is 0 Å². The highest BCUT2D eigenvalue weighted by Gasteiger charge is 2.37. The van der Waals surface area contributed by atoms with Crippen LogP contribution < -0.4 is 5.32 Å². The first-order valence-corrected chi connectivity index (χ1v) is 5.89. The molecule has 0 bridgehead atoms. The Morgan fingerprint density at radius 2 is 2.00 bits per heavy atom. The Bertz CT molecular complexity index is 152. The Balaban J connectivity index is 2.48. The van der Waals surface area contributed by atoms with Crippen molar-refractivity contribution in [3.63, 3.8) is 0 Å². The van der Waals surface area contributed by atoms with Gasteiger partial charge < -0.3 is 10.1 Å². The van der Waals surface area contributed by atoms with Crippen molar-refractivity contribution in [1.82, 2.24) is 5.32 Å². The van der Waals surface area contributed by atoms with Gasteiger partial charge in [-0.05, 0) is 37.6 Å². The summed E-state index contributed by atoms with van der Waals surface area (Å²) in [6.07, 6.45) is 6.84. The minimum absolute atomic E-state index is 0.563. The fourth-order valence-corrected chi connectivity index (χ4v) is 2.88. The number of nitrogens with one attached hydrogen (secondary N) is 1. The maximum atomic E-state index is 5.17. The number of rotatable bonds is 6. The molecule has 0 aromatic rings. The first kappa shape index (κ1) is 12.0. The van der Waals surface area contributed by atoms with Crippen LogP contribution in [0.3, 0.4) is 0 Å². The van der Waals surface area contributed by atoms with E-state index in [1.165, 1.54) is 38.6 Å². The Kier molecular flexibility index (Phi) is 4.90. The van der Waals surface area contributed by atoms with Crippen molar-refractivity contribution in [3.05, 3.63) is 0 Å². The monoisotopic (exact) mass is 199 g/mol. The van der Waals surface area contributed by atoms with E-state index in [1.54, 1.807) is 7.11 Å². The number of methoxy groups -OCH3 is 1. The van der Waals surface area contributed by atoms with Crippen molar-refractivity contribution in [3.8, 4) is 0 Å². The molecule has 2 nitrogen and oxygen atoms in total. The van der Waals surface area contributed by atoms with Gasteiger partial charge in [-0.1, -0.05) is 19.8 Å². The molecular formula is C12H25NO. The molecule has 1 fully saturated rings. The van der Waals surface area contributed by atoms with Crippen molar-refractivity contribution in [2.45, 2.75) is 39.0 Å². The van der Waals surface area contributed by atoms with Crippen LogP contribution in [0.1, 0.15) is 39.0 Å². The number of hydrogen-bond donors (Lipinski definition) is 1. The van der Waals surface area contributed by atoms with E-state index in [9.17, 15) is 0 Å². The quantitative estimate of drug-likeness (QED) is 0.709. The number of hydrogen-bond acceptors (Lipinski definition) is 2. The molecule has 0 heterocycles. The van der Waals surface area contributed by atoms with Gasteiger partial charge in [-0.15, -0.1) is 0 Å². The fraction of sp³-hybridized carbons (Fsp3) is 1.00. The zero-order valence-corrected chi connectivity index (χ0v) is 9.94. The standard InChI is InChI=1S/C12H25NO/c1-11(6-9-14-3)12(10-13-2)7-4-5-8-12/h11,13H,4-10H2,1-3H3. The van der Waals surface area contributed by atoms with Gasteiger partial charge in [-0.3, -0.25) is 0 Å². The predicted molar refractivity (Wildman–Crippen MR) is 60.5 cm³/mol. The average Bonchev–Trinajstić information content (AvgIpc) is 2.64. The van der Waals surface area contributed by atoms with Gasteiger partial charge in [0, 0.05) is 20.3 Å². The molecule has 1 atom stereocenters. The molecule has 0 amide bonds. The van der Waals surface area contributed by atoms with Crippen LogP contribution in [0.15, 0.2) is 0 Å². The lowest BCUT2D eigenvalue weighted by Crippen LogP contribution is -2.36. The molecule has 84 valence electrons. The molecule has 1 rings (SSSR count). The molecule has 2 heteroatoms. The van der Waals surface area contributed by atoms with E-state index < -0.39 is 0 Å². The van der Waals surface area contributed by atoms with Crippen molar-refractivity contribution < 1.29 is 4.74 Å². The third-order valence-electron chi connectivity index (χ3n) is 3.93. The van der Waals surface area contributed by atoms with Crippen LogP contribution in [0.5, 0.6) is 0 Å².